The van der Waals surface area contributed by atoms with Crippen LogP contribution in [0.15, 0.2) is 41.4 Å². The highest BCUT2D eigenvalue weighted by atomic mass is 32.2. The molecule has 0 spiro atoms. The van der Waals surface area contributed by atoms with E-state index >= 15 is 0 Å². The second-order valence-electron chi connectivity index (χ2n) is 4.74. The van der Waals surface area contributed by atoms with E-state index < -0.39 is 10.0 Å². The number of hydrogen-bond donors (Lipinski definition) is 2. The highest BCUT2D eigenvalue weighted by Gasteiger charge is 2.14. The molecule has 0 aliphatic rings. The zero-order valence-electron chi connectivity index (χ0n) is 11.9. The van der Waals surface area contributed by atoms with Crippen molar-refractivity contribution in [2.24, 2.45) is 7.05 Å². The molecule has 6 nitrogen and oxygen atoms in total. The zero-order chi connectivity index (χ0) is 15.3. The van der Waals surface area contributed by atoms with E-state index in [2.05, 4.69) is 9.82 Å². The molecule has 7 heteroatoms. The van der Waals surface area contributed by atoms with Crippen molar-refractivity contribution in [1.29, 1.82) is 0 Å². The van der Waals surface area contributed by atoms with Gasteiger partial charge in [-0.05, 0) is 36.6 Å². The Morgan fingerprint density at radius 2 is 1.95 bits per heavy atom. The van der Waals surface area contributed by atoms with Crippen molar-refractivity contribution in [3.63, 3.8) is 0 Å². The Hall–Kier alpha value is -1.70. The maximum absolute atomic E-state index is 12.2. The van der Waals surface area contributed by atoms with Crippen LogP contribution in [0.3, 0.4) is 0 Å². The molecule has 0 bridgehead atoms. The minimum atomic E-state index is -3.53. The largest absolute Gasteiger partial charge is 0.396 e. The SMILES string of the molecule is Cn1nccc1CNS(=O)(=O)c1ccc(CCCO)cc1. The number of nitrogens with zero attached hydrogens (tertiary/aromatic N) is 2. The van der Waals surface area contributed by atoms with Gasteiger partial charge in [0.2, 0.25) is 10.0 Å². The molecule has 0 saturated carbocycles. The predicted octanol–water partition coefficient (Wildman–Crippen LogP) is 0.823. The summed E-state index contributed by atoms with van der Waals surface area (Å²) in [5, 5.41) is 12.8. The van der Waals surface area contributed by atoms with Gasteiger partial charge in [0.25, 0.3) is 0 Å². The molecule has 0 fully saturated rings. The van der Waals surface area contributed by atoms with E-state index in [1.54, 1.807) is 48.3 Å². The quantitative estimate of drug-likeness (QED) is 0.793. The smallest absolute Gasteiger partial charge is 0.240 e. The number of aliphatic hydroxyl groups is 1. The van der Waals surface area contributed by atoms with E-state index in [-0.39, 0.29) is 18.0 Å². The van der Waals surface area contributed by atoms with E-state index in [0.29, 0.717) is 6.42 Å². The van der Waals surface area contributed by atoms with E-state index in [4.69, 9.17) is 5.11 Å². The maximum Gasteiger partial charge on any atom is 0.240 e. The standard InChI is InChI=1S/C14H19N3O3S/c1-17-13(8-9-15-17)11-16-21(19,20)14-6-4-12(5-7-14)3-2-10-18/h4-9,16,18H,2-3,10-11H2,1H3. The maximum atomic E-state index is 12.2. The Morgan fingerprint density at radius 1 is 1.24 bits per heavy atom. The van der Waals surface area contributed by atoms with Gasteiger partial charge in [-0.1, -0.05) is 12.1 Å². The van der Waals surface area contributed by atoms with E-state index in [1.807, 2.05) is 0 Å². The van der Waals surface area contributed by atoms with E-state index in [9.17, 15) is 8.42 Å². The third kappa shape index (κ3) is 4.13. The number of aryl methyl sites for hydroxylation is 2. The van der Waals surface area contributed by atoms with Gasteiger partial charge in [0.1, 0.15) is 0 Å². The number of sulfonamides is 1. The lowest BCUT2D eigenvalue weighted by Gasteiger charge is -2.08. The molecule has 1 heterocycles. The summed E-state index contributed by atoms with van der Waals surface area (Å²) in [6.07, 6.45) is 3.03. The van der Waals surface area contributed by atoms with Crippen LogP contribution < -0.4 is 4.72 Å². The van der Waals surface area contributed by atoms with Gasteiger partial charge in [-0.3, -0.25) is 4.68 Å². The van der Waals surface area contributed by atoms with E-state index in [1.165, 1.54) is 0 Å². The first-order chi connectivity index (χ1) is 10.0. The Bertz CT molecular complexity index is 678. The molecule has 21 heavy (non-hydrogen) atoms. The summed E-state index contributed by atoms with van der Waals surface area (Å²) in [5.41, 5.74) is 1.80. The van der Waals surface area contributed by atoms with Crippen LogP contribution in [0.2, 0.25) is 0 Å². The highest BCUT2D eigenvalue weighted by Crippen LogP contribution is 2.12. The second kappa shape index (κ2) is 6.84. The van der Waals surface area contributed by atoms with Crippen molar-refractivity contribution in [1.82, 2.24) is 14.5 Å². The summed E-state index contributed by atoms with van der Waals surface area (Å²) in [5.74, 6) is 0. The van der Waals surface area contributed by atoms with Crippen molar-refractivity contribution >= 4 is 10.0 Å². The first kappa shape index (κ1) is 15.7. The van der Waals surface area contributed by atoms with Crippen molar-refractivity contribution in [3.8, 4) is 0 Å². The van der Waals surface area contributed by atoms with Gasteiger partial charge < -0.3 is 5.11 Å². The molecular formula is C14H19N3O3S. The Kier molecular flexibility index (Phi) is 5.11. The third-order valence-corrected chi connectivity index (χ3v) is 4.64. The predicted molar refractivity (Wildman–Crippen MR) is 79.1 cm³/mol. The lowest BCUT2D eigenvalue weighted by atomic mass is 10.1. The first-order valence-corrected chi connectivity index (χ1v) is 8.17. The fourth-order valence-corrected chi connectivity index (χ4v) is 2.94. The van der Waals surface area contributed by atoms with Gasteiger partial charge in [0.15, 0.2) is 0 Å². The summed E-state index contributed by atoms with van der Waals surface area (Å²) < 4.78 is 28.5. The monoisotopic (exact) mass is 309 g/mol. The fourth-order valence-electron chi connectivity index (χ4n) is 1.95. The van der Waals surface area contributed by atoms with Crippen LogP contribution in [0.1, 0.15) is 17.7 Å². The number of rotatable bonds is 7. The summed E-state index contributed by atoms with van der Waals surface area (Å²) in [7, 11) is -1.77. The summed E-state index contributed by atoms with van der Waals surface area (Å²) in [6.45, 7) is 0.331. The van der Waals surface area contributed by atoms with Gasteiger partial charge >= 0.3 is 0 Å². The zero-order valence-corrected chi connectivity index (χ0v) is 12.7. The number of hydrogen-bond acceptors (Lipinski definition) is 4. The second-order valence-corrected chi connectivity index (χ2v) is 6.51. The van der Waals surface area contributed by atoms with Gasteiger partial charge in [0, 0.05) is 19.9 Å². The number of benzene rings is 1. The average Bonchev–Trinajstić information content (AvgIpc) is 2.89. The minimum Gasteiger partial charge on any atom is -0.396 e. The lowest BCUT2D eigenvalue weighted by Crippen LogP contribution is -2.24. The van der Waals surface area contributed by atoms with Crippen molar-refractivity contribution < 1.29 is 13.5 Å². The topological polar surface area (TPSA) is 84.2 Å². The van der Waals surface area contributed by atoms with Gasteiger partial charge in [0.05, 0.1) is 17.1 Å². The van der Waals surface area contributed by atoms with Crippen LogP contribution in [0.5, 0.6) is 0 Å². The van der Waals surface area contributed by atoms with Crippen molar-refractivity contribution in [3.05, 3.63) is 47.8 Å². The first-order valence-electron chi connectivity index (χ1n) is 6.69. The molecule has 0 unspecified atom stereocenters. The molecule has 1 aromatic heterocycles. The molecule has 2 N–H and O–H groups in total. The minimum absolute atomic E-state index is 0.131. The van der Waals surface area contributed by atoms with Crippen LogP contribution in [0.4, 0.5) is 0 Å². The normalized spacial score (nSPS) is 11.7. The molecule has 0 aliphatic carbocycles. The number of aromatic nitrogens is 2. The Morgan fingerprint density at radius 3 is 2.52 bits per heavy atom. The van der Waals surface area contributed by atoms with Crippen LogP contribution in [-0.4, -0.2) is 29.9 Å². The third-order valence-electron chi connectivity index (χ3n) is 3.22. The van der Waals surface area contributed by atoms with Crippen molar-refractivity contribution in [2.75, 3.05) is 6.61 Å². The summed E-state index contributed by atoms with van der Waals surface area (Å²) in [4.78, 5) is 0.234. The van der Waals surface area contributed by atoms with E-state index in [0.717, 1.165) is 17.7 Å². The van der Waals surface area contributed by atoms with Gasteiger partial charge in [-0.25, -0.2) is 13.1 Å². The molecular weight excluding hydrogens is 290 g/mol. The molecule has 0 saturated heterocycles. The van der Waals surface area contributed by atoms with Crippen LogP contribution in [0, 0.1) is 0 Å². The molecule has 1 aromatic carbocycles. The summed E-state index contributed by atoms with van der Waals surface area (Å²) in [6, 6.07) is 8.47. The fraction of sp³-hybridized carbons (Fsp3) is 0.357. The van der Waals surface area contributed by atoms with Crippen LogP contribution in [-0.2, 0) is 30.0 Å². The van der Waals surface area contributed by atoms with Crippen molar-refractivity contribution in [2.45, 2.75) is 24.3 Å². The number of nitrogens with one attached hydrogen (secondary N) is 1. The molecule has 0 amide bonds. The van der Waals surface area contributed by atoms with Gasteiger partial charge in [-0.2, -0.15) is 5.10 Å². The lowest BCUT2D eigenvalue weighted by molar-refractivity contribution is 0.288. The molecule has 2 rings (SSSR count). The molecule has 0 radical (unpaired) electrons. The Labute approximate surface area is 124 Å². The average molecular weight is 309 g/mol. The van der Waals surface area contributed by atoms with Crippen LogP contribution >= 0.6 is 0 Å². The van der Waals surface area contributed by atoms with Crippen LogP contribution in [0.25, 0.3) is 0 Å². The molecule has 114 valence electrons. The Balaban J connectivity index is 2.03. The number of aliphatic hydroxyl groups excluding tert-OH is 1. The molecule has 0 aliphatic heterocycles. The molecule has 0 atom stereocenters. The highest BCUT2D eigenvalue weighted by molar-refractivity contribution is 7.89. The molecule has 2 aromatic rings. The summed E-state index contributed by atoms with van der Waals surface area (Å²) >= 11 is 0. The van der Waals surface area contributed by atoms with Gasteiger partial charge in [-0.15, -0.1) is 0 Å².